The maximum Gasteiger partial charge on any atom is 0.328 e. The van der Waals surface area contributed by atoms with E-state index in [0.717, 1.165) is 6.42 Å². The number of nitrogens with one attached hydrogen (secondary N) is 1. The summed E-state index contributed by atoms with van der Waals surface area (Å²) in [6.45, 7) is 5.68. The lowest BCUT2D eigenvalue weighted by Gasteiger charge is -2.29. The SMILES string of the molecule is COC(=O)[C@@H]1CCCN1C(=O)[C@@H](CC(=O)c1cccc(NC(C)=O)c1)C(C)C. The molecule has 2 atom stereocenters. The van der Waals surface area contributed by atoms with Crippen LogP contribution in [0.15, 0.2) is 24.3 Å². The number of hydrogen-bond donors (Lipinski definition) is 1. The van der Waals surface area contributed by atoms with Gasteiger partial charge in [-0.3, -0.25) is 14.4 Å². The minimum Gasteiger partial charge on any atom is -0.467 e. The van der Waals surface area contributed by atoms with Crippen LogP contribution in [0.1, 0.15) is 50.4 Å². The standard InChI is InChI=1S/C21H28N2O5/c1-13(2)17(20(26)23-10-6-9-18(23)21(27)28-4)12-19(25)15-7-5-8-16(11-15)22-14(3)24/h5,7-8,11,13,17-18H,6,9-10,12H2,1-4H3,(H,22,24)/t17-,18-/m0/s1. The molecular weight excluding hydrogens is 360 g/mol. The second-order valence-corrected chi connectivity index (χ2v) is 7.45. The van der Waals surface area contributed by atoms with Gasteiger partial charge in [0.15, 0.2) is 5.78 Å². The van der Waals surface area contributed by atoms with E-state index in [1.165, 1.54) is 14.0 Å². The molecule has 28 heavy (non-hydrogen) atoms. The van der Waals surface area contributed by atoms with Gasteiger partial charge in [0.05, 0.1) is 7.11 Å². The Hall–Kier alpha value is -2.70. The van der Waals surface area contributed by atoms with Crippen LogP contribution in [0.5, 0.6) is 0 Å². The summed E-state index contributed by atoms with van der Waals surface area (Å²) < 4.78 is 4.82. The van der Waals surface area contributed by atoms with E-state index in [2.05, 4.69) is 5.32 Å². The Balaban J connectivity index is 2.16. The van der Waals surface area contributed by atoms with Crippen molar-refractivity contribution in [3.05, 3.63) is 29.8 Å². The molecule has 152 valence electrons. The highest BCUT2D eigenvalue weighted by atomic mass is 16.5. The molecule has 7 heteroatoms. The molecule has 1 saturated heterocycles. The van der Waals surface area contributed by atoms with Gasteiger partial charge in [-0.05, 0) is 30.9 Å². The minimum absolute atomic E-state index is 0.0460. The topological polar surface area (TPSA) is 92.8 Å². The van der Waals surface area contributed by atoms with Crippen LogP contribution in [0, 0.1) is 11.8 Å². The quantitative estimate of drug-likeness (QED) is 0.573. The Morgan fingerprint density at radius 2 is 1.96 bits per heavy atom. The fraction of sp³-hybridized carbons (Fsp3) is 0.524. The number of carbonyl (C=O) groups is 4. The fourth-order valence-corrected chi connectivity index (χ4v) is 3.52. The van der Waals surface area contributed by atoms with Crippen molar-refractivity contribution in [2.24, 2.45) is 11.8 Å². The van der Waals surface area contributed by atoms with E-state index in [-0.39, 0.29) is 29.9 Å². The smallest absolute Gasteiger partial charge is 0.328 e. The van der Waals surface area contributed by atoms with Crippen LogP contribution < -0.4 is 5.32 Å². The number of nitrogens with zero attached hydrogens (tertiary/aromatic N) is 1. The van der Waals surface area contributed by atoms with Gasteiger partial charge in [0.1, 0.15) is 6.04 Å². The number of hydrogen-bond acceptors (Lipinski definition) is 5. The molecule has 1 aliphatic heterocycles. The lowest BCUT2D eigenvalue weighted by atomic mass is 9.87. The predicted octanol–water partition coefficient (Wildman–Crippen LogP) is 2.65. The third kappa shape index (κ3) is 5.18. The number of benzene rings is 1. The maximum absolute atomic E-state index is 13.1. The summed E-state index contributed by atoms with van der Waals surface area (Å²) in [4.78, 5) is 50.7. The van der Waals surface area contributed by atoms with Crippen LogP contribution >= 0.6 is 0 Å². The number of rotatable bonds is 7. The first kappa shape index (κ1) is 21.6. The number of ether oxygens (including phenoxy) is 1. The molecule has 0 bridgehead atoms. The third-order valence-corrected chi connectivity index (χ3v) is 5.04. The summed E-state index contributed by atoms with van der Waals surface area (Å²) in [5, 5.41) is 2.65. The molecule has 0 spiro atoms. The van der Waals surface area contributed by atoms with Gasteiger partial charge in [-0.25, -0.2) is 4.79 Å². The van der Waals surface area contributed by atoms with Crippen molar-refractivity contribution < 1.29 is 23.9 Å². The number of methoxy groups -OCH3 is 1. The molecule has 1 heterocycles. The van der Waals surface area contributed by atoms with Crippen LogP contribution in [0.25, 0.3) is 0 Å². The first-order valence-corrected chi connectivity index (χ1v) is 9.53. The molecule has 1 N–H and O–H groups in total. The van der Waals surface area contributed by atoms with E-state index in [1.54, 1.807) is 29.2 Å². The zero-order valence-electron chi connectivity index (χ0n) is 16.9. The first-order chi connectivity index (χ1) is 13.2. The summed E-state index contributed by atoms with van der Waals surface area (Å²) in [6.07, 6.45) is 1.36. The minimum atomic E-state index is -0.572. The number of ketones is 1. The molecule has 1 aromatic carbocycles. The Kier molecular flexibility index (Phi) is 7.31. The average Bonchev–Trinajstić information content (AvgIpc) is 3.14. The zero-order chi connectivity index (χ0) is 20.8. The molecule has 1 aromatic rings. The maximum atomic E-state index is 13.1. The molecule has 1 fully saturated rings. The van der Waals surface area contributed by atoms with Crippen molar-refractivity contribution in [3.8, 4) is 0 Å². The molecular formula is C21H28N2O5. The van der Waals surface area contributed by atoms with Gasteiger partial charge in [-0.15, -0.1) is 0 Å². The molecule has 1 aliphatic rings. The van der Waals surface area contributed by atoms with Gasteiger partial charge in [0.25, 0.3) is 0 Å². The van der Waals surface area contributed by atoms with Crippen LogP contribution in [0.3, 0.4) is 0 Å². The second kappa shape index (κ2) is 9.48. The van der Waals surface area contributed by atoms with Gasteiger partial charge < -0.3 is 15.0 Å². The van der Waals surface area contributed by atoms with Crippen molar-refractivity contribution in [3.63, 3.8) is 0 Å². The van der Waals surface area contributed by atoms with Crippen LogP contribution in [0.2, 0.25) is 0 Å². The Labute approximate surface area is 165 Å². The first-order valence-electron chi connectivity index (χ1n) is 9.53. The van der Waals surface area contributed by atoms with Crippen LogP contribution in [0.4, 0.5) is 5.69 Å². The summed E-state index contributed by atoms with van der Waals surface area (Å²) in [5.41, 5.74) is 0.978. The van der Waals surface area contributed by atoms with Gasteiger partial charge in [-0.1, -0.05) is 26.0 Å². The molecule has 0 radical (unpaired) electrons. The van der Waals surface area contributed by atoms with Crippen molar-refractivity contribution in [2.45, 2.75) is 46.1 Å². The lowest BCUT2D eigenvalue weighted by molar-refractivity contribution is -0.152. The zero-order valence-corrected chi connectivity index (χ0v) is 16.9. The third-order valence-electron chi connectivity index (χ3n) is 5.04. The second-order valence-electron chi connectivity index (χ2n) is 7.45. The summed E-state index contributed by atoms with van der Waals surface area (Å²) in [5.74, 6) is -1.58. The van der Waals surface area contributed by atoms with E-state index in [4.69, 9.17) is 4.74 Å². The highest BCUT2D eigenvalue weighted by molar-refractivity contribution is 6.00. The molecule has 0 saturated carbocycles. The Morgan fingerprint density at radius 3 is 2.57 bits per heavy atom. The summed E-state index contributed by atoms with van der Waals surface area (Å²) >= 11 is 0. The Morgan fingerprint density at radius 1 is 1.25 bits per heavy atom. The highest BCUT2D eigenvalue weighted by Crippen LogP contribution is 2.27. The van der Waals surface area contributed by atoms with Gasteiger partial charge in [0, 0.05) is 37.1 Å². The van der Waals surface area contributed by atoms with E-state index >= 15 is 0 Å². The van der Waals surface area contributed by atoms with Gasteiger partial charge in [0.2, 0.25) is 11.8 Å². The predicted molar refractivity (Wildman–Crippen MR) is 105 cm³/mol. The highest BCUT2D eigenvalue weighted by Gasteiger charge is 2.39. The molecule has 0 aromatic heterocycles. The number of anilines is 1. The van der Waals surface area contributed by atoms with Crippen molar-refractivity contribution in [2.75, 3.05) is 19.0 Å². The number of Topliss-reactive ketones (excluding diaryl/α,β-unsaturated/α-hetero) is 1. The fourth-order valence-electron chi connectivity index (χ4n) is 3.52. The number of esters is 1. The van der Waals surface area contributed by atoms with E-state index in [0.29, 0.717) is 24.2 Å². The van der Waals surface area contributed by atoms with E-state index < -0.39 is 17.9 Å². The number of carbonyl (C=O) groups excluding carboxylic acids is 4. The summed E-state index contributed by atoms with van der Waals surface area (Å²) in [6, 6.07) is 6.10. The van der Waals surface area contributed by atoms with Crippen LogP contribution in [-0.4, -0.2) is 48.2 Å². The number of amides is 2. The monoisotopic (exact) mass is 388 g/mol. The Bertz CT molecular complexity index is 759. The molecule has 7 nitrogen and oxygen atoms in total. The van der Waals surface area contributed by atoms with Crippen molar-refractivity contribution in [1.82, 2.24) is 4.90 Å². The molecule has 0 aliphatic carbocycles. The van der Waals surface area contributed by atoms with E-state index in [1.807, 2.05) is 13.8 Å². The average molecular weight is 388 g/mol. The van der Waals surface area contributed by atoms with Crippen molar-refractivity contribution in [1.29, 1.82) is 0 Å². The van der Waals surface area contributed by atoms with Gasteiger partial charge in [-0.2, -0.15) is 0 Å². The largest absolute Gasteiger partial charge is 0.467 e. The van der Waals surface area contributed by atoms with Gasteiger partial charge >= 0.3 is 5.97 Å². The normalized spacial score (nSPS) is 17.3. The van der Waals surface area contributed by atoms with Crippen molar-refractivity contribution >= 4 is 29.3 Å². The molecule has 2 amide bonds. The lowest BCUT2D eigenvalue weighted by Crippen LogP contribution is -2.45. The van der Waals surface area contributed by atoms with E-state index in [9.17, 15) is 19.2 Å². The number of likely N-dealkylation sites (tertiary alicyclic amines) is 1. The van der Waals surface area contributed by atoms with Crippen LogP contribution in [-0.2, 0) is 19.1 Å². The molecule has 2 rings (SSSR count). The summed E-state index contributed by atoms with van der Waals surface area (Å²) in [7, 11) is 1.31. The molecule has 0 unspecified atom stereocenters.